The lowest BCUT2D eigenvalue weighted by molar-refractivity contribution is -0.223. The minimum absolute atomic E-state index is 0.0986. The summed E-state index contributed by atoms with van der Waals surface area (Å²) in [6.45, 7) is 7.13. The minimum atomic E-state index is -4.56. The Labute approximate surface area is 123 Å². The first-order valence-electron chi connectivity index (χ1n) is 7.39. The number of nitrogens with zero attached hydrogens (tertiary/aromatic N) is 1. The van der Waals surface area contributed by atoms with Gasteiger partial charge in [0, 0.05) is 6.54 Å². The first-order chi connectivity index (χ1) is 9.62. The van der Waals surface area contributed by atoms with Gasteiger partial charge in [0.25, 0.3) is 0 Å². The van der Waals surface area contributed by atoms with Crippen molar-refractivity contribution in [2.75, 3.05) is 19.6 Å². The monoisotopic (exact) mass is 310 g/mol. The third-order valence-electron chi connectivity index (χ3n) is 3.97. The van der Waals surface area contributed by atoms with Crippen molar-refractivity contribution < 1.29 is 23.1 Å². The molecule has 1 fully saturated rings. The normalized spacial score (nSPS) is 21.3. The maximum atomic E-state index is 12.5. The van der Waals surface area contributed by atoms with Crippen LogP contribution in [0.2, 0.25) is 0 Å². The Hall–Kier alpha value is -0.820. The second kappa shape index (κ2) is 7.45. The van der Waals surface area contributed by atoms with E-state index >= 15 is 0 Å². The number of amides is 1. The third kappa shape index (κ3) is 5.47. The van der Waals surface area contributed by atoms with Gasteiger partial charge in [-0.05, 0) is 44.7 Å². The Morgan fingerprint density at radius 3 is 2.24 bits per heavy atom. The molecule has 0 bridgehead atoms. The van der Waals surface area contributed by atoms with Gasteiger partial charge in [0.15, 0.2) is 6.10 Å². The number of halogens is 3. The van der Waals surface area contributed by atoms with Crippen molar-refractivity contribution in [1.82, 2.24) is 10.2 Å². The molecule has 1 rings (SSSR count). The number of likely N-dealkylation sites (tertiary alicyclic amines) is 1. The highest BCUT2D eigenvalue weighted by atomic mass is 19.4. The fourth-order valence-corrected chi connectivity index (χ4v) is 2.51. The maximum Gasteiger partial charge on any atom is 0.414 e. The van der Waals surface area contributed by atoms with Crippen molar-refractivity contribution >= 4 is 5.91 Å². The van der Waals surface area contributed by atoms with Crippen LogP contribution in [0.15, 0.2) is 0 Å². The van der Waals surface area contributed by atoms with Crippen LogP contribution in [0.25, 0.3) is 0 Å². The molecular weight excluding hydrogens is 285 g/mol. The van der Waals surface area contributed by atoms with Gasteiger partial charge in [-0.15, -0.1) is 0 Å². The molecule has 1 heterocycles. The van der Waals surface area contributed by atoms with Crippen LogP contribution in [-0.4, -0.2) is 53.9 Å². The molecule has 0 aromatic rings. The Morgan fingerprint density at radius 1 is 1.29 bits per heavy atom. The van der Waals surface area contributed by atoms with Crippen LogP contribution in [-0.2, 0) is 4.79 Å². The molecule has 2 N–H and O–H groups in total. The van der Waals surface area contributed by atoms with Gasteiger partial charge in [-0.25, -0.2) is 0 Å². The van der Waals surface area contributed by atoms with E-state index in [4.69, 9.17) is 0 Å². The zero-order chi connectivity index (χ0) is 16.2. The van der Waals surface area contributed by atoms with E-state index in [2.05, 4.69) is 5.32 Å². The van der Waals surface area contributed by atoms with Gasteiger partial charge < -0.3 is 10.4 Å². The Morgan fingerprint density at radius 2 is 1.81 bits per heavy atom. The van der Waals surface area contributed by atoms with E-state index in [1.807, 2.05) is 18.7 Å². The number of hydrogen-bond donors (Lipinski definition) is 2. The number of piperidine rings is 1. The van der Waals surface area contributed by atoms with Crippen molar-refractivity contribution in [3.63, 3.8) is 0 Å². The van der Waals surface area contributed by atoms with Crippen molar-refractivity contribution in [1.29, 1.82) is 0 Å². The molecule has 21 heavy (non-hydrogen) atoms. The summed E-state index contributed by atoms with van der Waals surface area (Å²) in [4.78, 5) is 13.8. The number of rotatable bonds is 5. The highest BCUT2D eigenvalue weighted by Gasteiger charge is 2.44. The molecular formula is C14H25F3N2O2. The van der Waals surface area contributed by atoms with E-state index in [0.717, 1.165) is 0 Å². The number of carbonyl (C=O) groups is 1. The van der Waals surface area contributed by atoms with Gasteiger partial charge >= 0.3 is 6.18 Å². The van der Waals surface area contributed by atoms with E-state index in [1.165, 1.54) is 0 Å². The summed E-state index contributed by atoms with van der Waals surface area (Å²) < 4.78 is 37.4. The predicted molar refractivity (Wildman–Crippen MR) is 73.7 cm³/mol. The maximum absolute atomic E-state index is 12.5. The average Bonchev–Trinajstić information content (AvgIpc) is 2.42. The molecule has 1 aliphatic rings. The fraction of sp³-hybridized carbons (Fsp3) is 0.929. The molecule has 2 atom stereocenters. The Balaban J connectivity index is 2.43. The third-order valence-corrected chi connectivity index (χ3v) is 3.97. The van der Waals surface area contributed by atoms with Crippen LogP contribution >= 0.6 is 0 Å². The zero-order valence-corrected chi connectivity index (χ0v) is 12.8. The van der Waals surface area contributed by atoms with Gasteiger partial charge in [0.05, 0.1) is 6.04 Å². The molecule has 4 nitrogen and oxygen atoms in total. The van der Waals surface area contributed by atoms with Crippen LogP contribution in [0.4, 0.5) is 13.2 Å². The smallest absolute Gasteiger partial charge is 0.383 e. The standard InChI is InChI=1S/C14H25F3N2O2/c1-9(2)8-18-13(21)10(3)19-6-4-11(5-7-19)12(20)14(15,16)17/h9-12,20H,4-8H2,1-3H3,(H,18,21). The molecule has 7 heteroatoms. The first kappa shape index (κ1) is 18.2. The van der Waals surface area contributed by atoms with Crippen molar-refractivity contribution in [2.24, 2.45) is 11.8 Å². The van der Waals surface area contributed by atoms with Gasteiger partial charge in [-0.1, -0.05) is 13.8 Å². The van der Waals surface area contributed by atoms with Crippen LogP contribution < -0.4 is 5.32 Å². The topological polar surface area (TPSA) is 52.6 Å². The van der Waals surface area contributed by atoms with Gasteiger partial charge in [-0.3, -0.25) is 9.69 Å². The molecule has 1 aliphatic heterocycles. The first-order valence-corrected chi connectivity index (χ1v) is 7.39. The predicted octanol–water partition coefficient (Wildman–Crippen LogP) is 1.78. The van der Waals surface area contributed by atoms with Crippen molar-refractivity contribution in [2.45, 2.75) is 51.9 Å². The van der Waals surface area contributed by atoms with Crippen LogP contribution in [0.5, 0.6) is 0 Å². The minimum Gasteiger partial charge on any atom is -0.383 e. The molecule has 0 aromatic heterocycles. The molecule has 2 unspecified atom stereocenters. The second-order valence-corrected chi connectivity index (χ2v) is 6.17. The average molecular weight is 310 g/mol. The lowest BCUT2D eigenvalue weighted by Crippen LogP contribution is -2.51. The SMILES string of the molecule is CC(C)CNC(=O)C(C)N1CCC(C(O)C(F)(F)F)CC1. The van der Waals surface area contributed by atoms with E-state index in [1.54, 1.807) is 6.92 Å². The fourth-order valence-electron chi connectivity index (χ4n) is 2.51. The number of nitrogens with one attached hydrogen (secondary N) is 1. The molecule has 0 radical (unpaired) electrons. The van der Waals surface area contributed by atoms with Crippen LogP contribution in [0, 0.1) is 11.8 Å². The zero-order valence-electron chi connectivity index (χ0n) is 12.8. The lowest BCUT2D eigenvalue weighted by atomic mass is 9.90. The van der Waals surface area contributed by atoms with E-state index in [0.29, 0.717) is 25.6 Å². The number of aliphatic hydroxyl groups is 1. The highest BCUT2D eigenvalue weighted by molar-refractivity contribution is 5.81. The Kier molecular flexibility index (Phi) is 6.46. The van der Waals surface area contributed by atoms with Gasteiger partial charge in [0.2, 0.25) is 5.91 Å². The molecule has 0 spiro atoms. The summed E-state index contributed by atoms with van der Waals surface area (Å²) in [5.41, 5.74) is 0. The largest absolute Gasteiger partial charge is 0.414 e. The molecule has 1 saturated heterocycles. The van der Waals surface area contributed by atoms with Gasteiger partial charge in [0.1, 0.15) is 0 Å². The summed E-state index contributed by atoms with van der Waals surface area (Å²) in [5.74, 6) is -0.514. The summed E-state index contributed by atoms with van der Waals surface area (Å²) in [5, 5.41) is 12.1. The number of aliphatic hydroxyl groups excluding tert-OH is 1. The summed E-state index contributed by atoms with van der Waals surface area (Å²) in [7, 11) is 0. The van der Waals surface area contributed by atoms with E-state index < -0.39 is 18.2 Å². The molecule has 124 valence electrons. The van der Waals surface area contributed by atoms with Crippen molar-refractivity contribution in [3.05, 3.63) is 0 Å². The van der Waals surface area contributed by atoms with Gasteiger partial charge in [-0.2, -0.15) is 13.2 Å². The molecule has 0 aliphatic carbocycles. The lowest BCUT2D eigenvalue weighted by Gasteiger charge is -2.37. The number of alkyl halides is 3. The van der Waals surface area contributed by atoms with E-state index in [9.17, 15) is 23.1 Å². The van der Waals surface area contributed by atoms with Crippen LogP contribution in [0.1, 0.15) is 33.6 Å². The highest BCUT2D eigenvalue weighted by Crippen LogP contribution is 2.31. The number of carbonyl (C=O) groups excluding carboxylic acids is 1. The van der Waals surface area contributed by atoms with Crippen molar-refractivity contribution in [3.8, 4) is 0 Å². The molecule has 1 amide bonds. The number of hydrogen-bond acceptors (Lipinski definition) is 3. The summed E-state index contributed by atoms with van der Waals surface area (Å²) in [6, 6.07) is -0.354. The Bertz CT molecular complexity index is 340. The second-order valence-electron chi connectivity index (χ2n) is 6.17. The van der Waals surface area contributed by atoms with Crippen LogP contribution in [0.3, 0.4) is 0 Å². The quantitative estimate of drug-likeness (QED) is 0.814. The summed E-state index contributed by atoms with van der Waals surface area (Å²) >= 11 is 0. The van der Waals surface area contributed by atoms with E-state index in [-0.39, 0.29) is 24.8 Å². The summed E-state index contributed by atoms with van der Waals surface area (Å²) in [6.07, 6.45) is -6.32. The molecule has 0 saturated carbocycles. The molecule has 0 aromatic carbocycles.